The molecule has 0 unspecified atom stereocenters. The summed E-state index contributed by atoms with van der Waals surface area (Å²) in [5, 5.41) is 12.6. The predicted octanol–water partition coefficient (Wildman–Crippen LogP) is 4.79. The first-order chi connectivity index (χ1) is 18.3. The van der Waals surface area contributed by atoms with Crippen molar-refractivity contribution < 1.29 is 46.1 Å². The summed E-state index contributed by atoms with van der Waals surface area (Å²) in [6.07, 6.45) is -2.54. The molecule has 0 spiro atoms. The number of amides is 2. The average Bonchev–Trinajstić information content (AvgIpc) is 3.18. The molecule has 1 aliphatic carbocycles. The minimum Gasteiger partial charge on any atom is -0.493 e. The maximum absolute atomic E-state index is 13.4. The highest BCUT2D eigenvalue weighted by molar-refractivity contribution is 5.89. The molecule has 0 aromatic heterocycles. The molecule has 3 atom stereocenters. The van der Waals surface area contributed by atoms with Crippen molar-refractivity contribution in [3.8, 4) is 11.5 Å². The molecule has 0 radical (unpaired) electrons. The molecule has 1 saturated carbocycles. The van der Waals surface area contributed by atoms with Crippen LogP contribution in [-0.2, 0) is 10.2 Å². The van der Waals surface area contributed by atoms with E-state index in [0.29, 0.717) is 11.7 Å². The van der Waals surface area contributed by atoms with Gasteiger partial charge in [0.05, 0.1) is 14.2 Å². The van der Waals surface area contributed by atoms with Gasteiger partial charge < -0.3 is 30.1 Å². The summed E-state index contributed by atoms with van der Waals surface area (Å²) in [6, 6.07) is 8.64. The van der Waals surface area contributed by atoms with E-state index in [1.54, 1.807) is 14.2 Å². The number of nitrogens with one attached hydrogen (secondary N) is 2. The van der Waals surface area contributed by atoms with E-state index < -0.39 is 29.8 Å². The number of carboxylic acids is 1. The molecule has 2 aliphatic rings. The largest absolute Gasteiger partial charge is 0.493 e. The lowest BCUT2D eigenvalue weighted by Crippen LogP contribution is -2.48. The van der Waals surface area contributed by atoms with Gasteiger partial charge >= 0.3 is 18.2 Å². The lowest BCUT2D eigenvalue weighted by Gasteiger charge is -2.42. The number of likely N-dealkylation sites (N-methyl/N-ethyl adjacent to an activating group) is 1. The second-order valence-electron chi connectivity index (χ2n) is 9.65. The summed E-state index contributed by atoms with van der Waals surface area (Å²) in [5.74, 6) is -2.44. The summed E-state index contributed by atoms with van der Waals surface area (Å²) in [5.41, 5.74) is 1.30. The van der Waals surface area contributed by atoms with Gasteiger partial charge in [0.15, 0.2) is 11.5 Å². The van der Waals surface area contributed by atoms with E-state index in [1.165, 1.54) is 5.56 Å². The molecule has 214 valence electrons. The maximum Gasteiger partial charge on any atom is 0.490 e. The first kappa shape index (κ1) is 29.9. The van der Waals surface area contributed by atoms with Crippen LogP contribution >= 0.6 is 0 Å². The van der Waals surface area contributed by atoms with Crippen LogP contribution in [0.15, 0.2) is 36.4 Å². The molecule has 2 aromatic rings. The number of halogens is 5. The number of fused-ring (bicyclic) bond motifs is 1. The number of carbonyl (C=O) groups excluding carboxylic acids is 1. The Morgan fingerprint density at radius 3 is 2.23 bits per heavy atom. The number of anilines is 1. The van der Waals surface area contributed by atoms with E-state index in [0.717, 1.165) is 56.3 Å². The second-order valence-corrected chi connectivity index (χ2v) is 9.65. The van der Waals surface area contributed by atoms with Gasteiger partial charge in [-0.1, -0.05) is 6.07 Å². The monoisotopic (exact) mass is 559 g/mol. The third-order valence-electron chi connectivity index (χ3n) is 7.03. The van der Waals surface area contributed by atoms with E-state index in [2.05, 4.69) is 34.7 Å². The van der Waals surface area contributed by atoms with E-state index >= 15 is 0 Å². The lowest BCUT2D eigenvalue weighted by molar-refractivity contribution is -0.192. The summed E-state index contributed by atoms with van der Waals surface area (Å²) >= 11 is 0. The number of nitrogens with zero attached hydrogens (tertiary/aromatic N) is 1. The molecule has 2 amide bonds. The van der Waals surface area contributed by atoms with Crippen LogP contribution in [0.5, 0.6) is 11.5 Å². The number of likely N-dealkylation sites (tertiary alicyclic amines) is 1. The molecule has 1 saturated heterocycles. The lowest BCUT2D eigenvalue weighted by atomic mass is 9.63. The van der Waals surface area contributed by atoms with Gasteiger partial charge in [-0.05, 0) is 62.1 Å². The van der Waals surface area contributed by atoms with Crippen molar-refractivity contribution in [1.29, 1.82) is 0 Å². The Balaban J connectivity index is 0.000000532. The summed E-state index contributed by atoms with van der Waals surface area (Å²) in [6.45, 7) is 1.87. The highest BCUT2D eigenvalue weighted by Gasteiger charge is 2.50. The SMILES string of the molecule is COc1ccc([C@@]23CC[C@@H](NC(=O)Nc4cc(F)cc(F)c4)C[C@@H]2CN(C)C3)cc1OC.O=C(O)C(F)(F)F. The number of methoxy groups -OCH3 is 2. The number of carboxylic acid groups (broad SMARTS) is 1. The Hall–Kier alpha value is -3.61. The molecule has 1 heterocycles. The number of aliphatic carboxylic acids is 1. The van der Waals surface area contributed by atoms with Crippen LogP contribution in [0.25, 0.3) is 0 Å². The van der Waals surface area contributed by atoms with Gasteiger partial charge in [-0.15, -0.1) is 0 Å². The number of rotatable bonds is 5. The minimum absolute atomic E-state index is 0.0156. The topological polar surface area (TPSA) is 100 Å². The van der Waals surface area contributed by atoms with Crippen LogP contribution in [0.2, 0.25) is 0 Å². The van der Waals surface area contributed by atoms with Crippen molar-refractivity contribution in [3.63, 3.8) is 0 Å². The Morgan fingerprint density at radius 1 is 1.05 bits per heavy atom. The highest BCUT2D eigenvalue weighted by Crippen LogP contribution is 2.49. The molecule has 8 nitrogen and oxygen atoms in total. The first-order valence-electron chi connectivity index (χ1n) is 12.0. The summed E-state index contributed by atoms with van der Waals surface area (Å²) < 4.78 is 69.4. The molecule has 3 N–H and O–H groups in total. The molecular weight excluding hydrogens is 529 g/mol. The number of alkyl halides is 3. The Morgan fingerprint density at radius 2 is 1.67 bits per heavy atom. The van der Waals surface area contributed by atoms with Gasteiger partial charge in [-0.2, -0.15) is 13.2 Å². The molecule has 2 aromatic carbocycles. The number of ether oxygens (including phenoxy) is 2. The van der Waals surface area contributed by atoms with Crippen molar-refractivity contribution >= 4 is 17.7 Å². The van der Waals surface area contributed by atoms with Gasteiger partial charge in [0, 0.05) is 36.3 Å². The smallest absolute Gasteiger partial charge is 0.490 e. The molecule has 39 heavy (non-hydrogen) atoms. The first-order valence-corrected chi connectivity index (χ1v) is 12.0. The third kappa shape index (κ3) is 7.28. The van der Waals surface area contributed by atoms with Crippen molar-refractivity contribution in [3.05, 3.63) is 53.6 Å². The summed E-state index contributed by atoms with van der Waals surface area (Å²) in [4.78, 5) is 23.7. The van der Waals surface area contributed by atoms with Gasteiger partial charge in [-0.3, -0.25) is 0 Å². The van der Waals surface area contributed by atoms with Gasteiger partial charge in [-0.25, -0.2) is 18.4 Å². The number of carbonyl (C=O) groups is 2. The predicted molar refractivity (Wildman–Crippen MR) is 132 cm³/mol. The fourth-order valence-corrected chi connectivity index (χ4v) is 5.43. The number of hydrogen-bond donors (Lipinski definition) is 3. The fourth-order valence-electron chi connectivity index (χ4n) is 5.43. The minimum atomic E-state index is -5.08. The van der Waals surface area contributed by atoms with Crippen molar-refractivity contribution in [2.45, 2.75) is 36.9 Å². The van der Waals surface area contributed by atoms with Crippen LogP contribution in [-0.4, -0.2) is 68.6 Å². The van der Waals surface area contributed by atoms with E-state index in [1.807, 2.05) is 6.07 Å². The number of hydrogen-bond acceptors (Lipinski definition) is 5. The Labute approximate surface area is 222 Å². The van der Waals surface area contributed by atoms with Crippen molar-refractivity contribution in [2.75, 3.05) is 39.7 Å². The normalized spacial score (nSPS) is 22.7. The molecular formula is C26H30F5N3O5. The van der Waals surface area contributed by atoms with Gasteiger partial charge in [0.1, 0.15) is 11.6 Å². The average molecular weight is 560 g/mol. The standard InChI is InChI=1S/C24H29F2N3O3.C2HF3O2/c1-29-13-16-8-19(27-23(30)28-20-11-17(25)10-18(26)12-20)6-7-24(16,14-29)15-4-5-21(31-2)22(9-15)32-3;3-2(4,5)1(6)7/h4-5,9-12,16,19H,6-8,13-14H2,1-3H3,(H2,27,28,30);(H,6,7)/t16-,19-,24+;/m1./s1. The Kier molecular flexibility index (Phi) is 9.26. The molecule has 2 fully saturated rings. The number of benzene rings is 2. The second kappa shape index (κ2) is 12.1. The van der Waals surface area contributed by atoms with Crippen LogP contribution in [0.1, 0.15) is 24.8 Å². The quantitative estimate of drug-likeness (QED) is 0.456. The third-order valence-corrected chi connectivity index (χ3v) is 7.03. The van der Waals surface area contributed by atoms with Crippen molar-refractivity contribution in [1.82, 2.24) is 10.2 Å². The molecule has 1 aliphatic heterocycles. The number of urea groups is 1. The Bertz CT molecular complexity index is 1170. The molecule has 0 bridgehead atoms. The zero-order valence-electron chi connectivity index (χ0n) is 21.6. The van der Waals surface area contributed by atoms with E-state index in [4.69, 9.17) is 19.4 Å². The maximum atomic E-state index is 13.4. The van der Waals surface area contributed by atoms with Gasteiger partial charge in [0.2, 0.25) is 0 Å². The zero-order valence-corrected chi connectivity index (χ0v) is 21.6. The van der Waals surface area contributed by atoms with Crippen LogP contribution < -0.4 is 20.1 Å². The molecule has 13 heteroatoms. The van der Waals surface area contributed by atoms with E-state index in [9.17, 15) is 26.7 Å². The molecule has 4 rings (SSSR count). The van der Waals surface area contributed by atoms with Crippen LogP contribution in [0.4, 0.5) is 32.4 Å². The zero-order chi connectivity index (χ0) is 29.0. The summed E-state index contributed by atoms with van der Waals surface area (Å²) in [7, 11) is 5.39. The van der Waals surface area contributed by atoms with Crippen molar-refractivity contribution in [2.24, 2.45) is 5.92 Å². The van der Waals surface area contributed by atoms with Crippen LogP contribution in [0, 0.1) is 17.6 Å². The van der Waals surface area contributed by atoms with E-state index in [-0.39, 0.29) is 17.1 Å². The highest BCUT2D eigenvalue weighted by atomic mass is 19.4. The fraction of sp³-hybridized carbons (Fsp3) is 0.462. The van der Waals surface area contributed by atoms with Crippen LogP contribution in [0.3, 0.4) is 0 Å². The van der Waals surface area contributed by atoms with Gasteiger partial charge in [0.25, 0.3) is 0 Å².